The summed E-state index contributed by atoms with van der Waals surface area (Å²) in [6, 6.07) is 4.10. The molecule has 0 aliphatic carbocycles. The van der Waals surface area contributed by atoms with Crippen molar-refractivity contribution >= 4 is 23.3 Å². The summed E-state index contributed by atoms with van der Waals surface area (Å²) < 4.78 is 15.2. The first kappa shape index (κ1) is 19.6. The molecule has 0 amide bonds. The third-order valence-corrected chi connectivity index (χ3v) is 3.50. The number of esters is 2. The van der Waals surface area contributed by atoms with E-state index in [9.17, 15) is 19.7 Å². The van der Waals surface area contributed by atoms with Gasteiger partial charge in [-0.15, -0.1) is 0 Å². The van der Waals surface area contributed by atoms with Crippen LogP contribution in [0.1, 0.15) is 31.1 Å². The predicted octanol–water partition coefficient (Wildman–Crippen LogP) is 1.93. The van der Waals surface area contributed by atoms with Crippen LogP contribution in [0.5, 0.6) is 0 Å². The molecular weight excluding hydrogens is 344 g/mol. The van der Waals surface area contributed by atoms with Gasteiger partial charge in [0.1, 0.15) is 11.3 Å². The van der Waals surface area contributed by atoms with Crippen LogP contribution < -0.4 is 4.90 Å². The van der Waals surface area contributed by atoms with Gasteiger partial charge < -0.3 is 19.1 Å². The van der Waals surface area contributed by atoms with Gasteiger partial charge in [-0.05, 0) is 32.9 Å². The molecule has 0 unspecified atom stereocenters. The maximum absolute atomic E-state index is 12.1. The number of carbonyl (C=O) groups is 2. The highest BCUT2D eigenvalue weighted by Gasteiger charge is 2.24. The minimum Gasteiger partial charge on any atom is -0.457 e. The SMILES string of the molecule is CC(C)(C)OC(=O)COC(=O)c1ccc(N2CCOCC2)c([N+](=O)[O-])c1. The van der Waals surface area contributed by atoms with Crippen molar-refractivity contribution in [1.29, 1.82) is 0 Å². The molecule has 9 nitrogen and oxygen atoms in total. The van der Waals surface area contributed by atoms with E-state index in [0.717, 1.165) is 6.07 Å². The molecule has 0 atom stereocenters. The molecular formula is C17H22N2O7. The van der Waals surface area contributed by atoms with Gasteiger partial charge in [0, 0.05) is 19.2 Å². The molecule has 1 aromatic carbocycles. The van der Waals surface area contributed by atoms with Crippen LogP contribution in [0.15, 0.2) is 18.2 Å². The van der Waals surface area contributed by atoms with E-state index in [2.05, 4.69) is 0 Å². The minimum atomic E-state index is -0.826. The van der Waals surface area contributed by atoms with Crippen LogP contribution in [0.3, 0.4) is 0 Å². The van der Waals surface area contributed by atoms with Crippen molar-refractivity contribution in [3.05, 3.63) is 33.9 Å². The molecule has 1 saturated heterocycles. The van der Waals surface area contributed by atoms with Crippen molar-refractivity contribution in [1.82, 2.24) is 0 Å². The average molecular weight is 366 g/mol. The summed E-state index contributed by atoms with van der Waals surface area (Å²) in [5.74, 6) is -1.52. The number of hydrogen-bond donors (Lipinski definition) is 0. The van der Waals surface area contributed by atoms with Crippen LogP contribution >= 0.6 is 0 Å². The van der Waals surface area contributed by atoms with E-state index in [1.165, 1.54) is 12.1 Å². The Morgan fingerprint density at radius 1 is 1.27 bits per heavy atom. The lowest BCUT2D eigenvalue weighted by molar-refractivity contribution is -0.384. The van der Waals surface area contributed by atoms with E-state index in [0.29, 0.717) is 32.0 Å². The van der Waals surface area contributed by atoms with Gasteiger partial charge in [0.2, 0.25) is 0 Å². The van der Waals surface area contributed by atoms with Crippen molar-refractivity contribution in [2.45, 2.75) is 26.4 Å². The summed E-state index contributed by atoms with van der Waals surface area (Å²) in [6.07, 6.45) is 0. The Kier molecular flexibility index (Phi) is 6.14. The van der Waals surface area contributed by atoms with Crippen molar-refractivity contribution in [2.24, 2.45) is 0 Å². The van der Waals surface area contributed by atoms with Gasteiger partial charge in [0.25, 0.3) is 5.69 Å². The Bertz CT molecular complexity index is 691. The summed E-state index contributed by atoms with van der Waals surface area (Å²) in [4.78, 5) is 36.4. The lowest BCUT2D eigenvalue weighted by Crippen LogP contribution is -2.36. The predicted molar refractivity (Wildman–Crippen MR) is 92.3 cm³/mol. The maximum Gasteiger partial charge on any atom is 0.344 e. The van der Waals surface area contributed by atoms with E-state index in [1.807, 2.05) is 4.90 Å². The Morgan fingerprint density at radius 2 is 1.92 bits per heavy atom. The smallest absolute Gasteiger partial charge is 0.344 e. The summed E-state index contributed by atoms with van der Waals surface area (Å²) in [6.45, 7) is 6.55. The summed E-state index contributed by atoms with van der Waals surface area (Å²) in [5.41, 5.74) is -0.472. The molecule has 1 aliphatic rings. The zero-order valence-corrected chi connectivity index (χ0v) is 15.0. The summed E-state index contributed by atoms with van der Waals surface area (Å²) >= 11 is 0. The number of benzene rings is 1. The van der Waals surface area contributed by atoms with Crippen molar-refractivity contribution in [2.75, 3.05) is 37.8 Å². The van der Waals surface area contributed by atoms with Crippen LogP contribution in [-0.4, -0.2) is 55.4 Å². The zero-order valence-electron chi connectivity index (χ0n) is 15.0. The second-order valence-corrected chi connectivity index (χ2v) is 6.72. The molecule has 142 valence electrons. The number of morpholine rings is 1. The third-order valence-electron chi connectivity index (χ3n) is 3.50. The molecule has 1 heterocycles. The first-order valence-corrected chi connectivity index (χ1v) is 8.17. The van der Waals surface area contributed by atoms with Gasteiger partial charge in [-0.25, -0.2) is 9.59 Å². The van der Waals surface area contributed by atoms with Crippen LogP contribution in [-0.2, 0) is 19.0 Å². The Hall–Kier alpha value is -2.68. The molecule has 1 fully saturated rings. The Balaban J connectivity index is 2.09. The van der Waals surface area contributed by atoms with Gasteiger partial charge in [-0.1, -0.05) is 0 Å². The topological polar surface area (TPSA) is 108 Å². The van der Waals surface area contributed by atoms with Crippen LogP contribution in [0, 0.1) is 10.1 Å². The van der Waals surface area contributed by atoms with Crippen LogP contribution in [0.25, 0.3) is 0 Å². The summed E-state index contributed by atoms with van der Waals surface area (Å²) in [7, 11) is 0. The summed E-state index contributed by atoms with van der Waals surface area (Å²) in [5, 5.41) is 11.4. The van der Waals surface area contributed by atoms with Gasteiger partial charge in [0.05, 0.1) is 23.7 Å². The van der Waals surface area contributed by atoms with Crippen molar-refractivity contribution in [3.8, 4) is 0 Å². The molecule has 0 N–H and O–H groups in total. The van der Waals surface area contributed by atoms with Gasteiger partial charge in [-0.2, -0.15) is 0 Å². The quantitative estimate of drug-likeness (QED) is 0.442. The van der Waals surface area contributed by atoms with Crippen LogP contribution in [0.4, 0.5) is 11.4 Å². The number of hydrogen-bond acceptors (Lipinski definition) is 8. The minimum absolute atomic E-state index is 0.00253. The highest BCUT2D eigenvalue weighted by molar-refractivity contribution is 5.92. The van der Waals surface area contributed by atoms with Crippen LogP contribution in [0.2, 0.25) is 0 Å². The third kappa shape index (κ3) is 5.41. The maximum atomic E-state index is 12.1. The standard InChI is InChI=1S/C17H22N2O7/c1-17(2,3)26-15(20)11-25-16(21)12-4-5-13(14(10-12)19(22)23)18-6-8-24-9-7-18/h4-5,10H,6-9,11H2,1-3H3. The molecule has 2 rings (SSSR count). The second kappa shape index (κ2) is 8.13. The number of anilines is 1. The Labute approximate surface area is 151 Å². The number of ether oxygens (including phenoxy) is 3. The second-order valence-electron chi connectivity index (χ2n) is 6.72. The molecule has 26 heavy (non-hydrogen) atoms. The highest BCUT2D eigenvalue weighted by atomic mass is 16.6. The van der Waals surface area contributed by atoms with E-state index in [-0.39, 0.29) is 11.3 Å². The lowest BCUT2D eigenvalue weighted by atomic mass is 10.1. The number of nitro benzene ring substituents is 1. The van der Waals surface area contributed by atoms with Gasteiger partial charge in [-0.3, -0.25) is 10.1 Å². The number of carbonyl (C=O) groups excluding carboxylic acids is 2. The fourth-order valence-corrected chi connectivity index (χ4v) is 2.45. The number of nitrogens with zero attached hydrogens (tertiary/aromatic N) is 2. The van der Waals surface area contributed by atoms with Crippen molar-refractivity contribution < 1.29 is 28.7 Å². The number of rotatable bonds is 5. The molecule has 1 aliphatic heterocycles. The average Bonchev–Trinajstić information content (AvgIpc) is 2.58. The molecule has 0 spiro atoms. The van der Waals surface area contributed by atoms with E-state index >= 15 is 0 Å². The molecule has 1 aromatic rings. The largest absolute Gasteiger partial charge is 0.457 e. The normalized spacial score (nSPS) is 14.7. The highest BCUT2D eigenvalue weighted by Crippen LogP contribution is 2.30. The Morgan fingerprint density at radius 3 is 2.50 bits per heavy atom. The fraction of sp³-hybridized carbons (Fsp3) is 0.529. The first-order valence-electron chi connectivity index (χ1n) is 8.17. The molecule has 0 aromatic heterocycles. The molecule has 9 heteroatoms. The van der Waals surface area contributed by atoms with E-state index < -0.39 is 29.1 Å². The van der Waals surface area contributed by atoms with Gasteiger partial charge in [0.15, 0.2) is 6.61 Å². The zero-order chi connectivity index (χ0) is 19.3. The van der Waals surface area contributed by atoms with Gasteiger partial charge >= 0.3 is 11.9 Å². The number of nitro groups is 1. The lowest BCUT2D eigenvalue weighted by Gasteiger charge is -2.28. The van der Waals surface area contributed by atoms with E-state index in [4.69, 9.17) is 14.2 Å². The molecule has 0 bridgehead atoms. The first-order chi connectivity index (χ1) is 12.2. The van der Waals surface area contributed by atoms with E-state index in [1.54, 1.807) is 20.8 Å². The van der Waals surface area contributed by atoms with Crippen molar-refractivity contribution in [3.63, 3.8) is 0 Å². The molecule has 0 radical (unpaired) electrons. The fourth-order valence-electron chi connectivity index (χ4n) is 2.45. The monoisotopic (exact) mass is 366 g/mol. The molecule has 0 saturated carbocycles.